The second-order valence-corrected chi connectivity index (χ2v) is 12.5. The van der Waals surface area contributed by atoms with E-state index in [1.807, 2.05) is 40.7 Å². The largest absolute Gasteiger partial charge is 0.481 e. The number of hydrogen-bond donors (Lipinski definition) is 7. The van der Waals surface area contributed by atoms with Crippen molar-refractivity contribution in [2.24, 2.45) is 11.8 Å². The topological polar surface area (TPSA) is 178 Å². The lowest BCUT2D eigenvalue weighted by atomic mass is 9.91. The van der Waals surface area contributed by atoms with Crippen LogP contribution < -0.4 is 32.1 Å². The van der Waals surface area contributed by atoms with Crippen LogP contribution in [0.3, 0.4) is 0 Å². The number of aromatic amines is 1. The van der Waals surface area contributed by atoms with Gasteiger partial charge in [0.15, 0.2) is 0 Å². The molecule has 11 nitrogen and oxygen atoms in total. The lowest BCUT2D eigenvalue weighted by molar-refractivity contribution is -0.137. The molecule has 0 aliphatic carbocycles. The van der Waals surface area contributed by atoms with Crippen molar-refractivity contribution in [3.8, 4) is 0 Å². The van der Waals surface area contributed by atoms with E-state index < -0.39 is 11.9 Å². The van der Waals surface area contributed by atoms with E-state index in [4.69, 9.17) is 4.84 Å². The van der Waals surface area contributed by atoms with E-state index in [0.717, 1.165) is 56.2 Å². The highest BCUT2D eigenvalue weighted by molar-refractivity contribution is 5.98. The van der Waals surface area contributed by atoms with Gasteiger partial charge in [0.1, 0.15) is 0 Å². The van der Waals surface area contributed by atoms with E-state index in [2.05, 4.69) is 45.5 Å². The van der Waals surface area contributed by atoms with Gasteiger partial charge in [-0.3, -0.25) is 19.7 Å². The number of hydrogen-bond acceptors (Lipinski definition) is 7. The molecule has 4 aliphatic rings. The van der Waals surface area contributed by atoms with E-state index in [1.165, 1.54) is 0 Å². The fraction of sp³-hybridized carbons (Fsp3) is 0.545. The third kappa shape index (κ3) is 6.32. The minimum absolute atomic E-state index is 0.00573. The number of rotatable bonds is 11. The maximum atomic E-state index is 12.5. The molecule has 6 atom stereocenters. The number of aliphatic carboxylic acids is 1. The SMILES string of the molecule is CCC1=C(C)C(/C=c2/[nH]/c(=C\C3NC(/C=C4\NC(=O)[C@H](C)[C@H]4CC)C(C)=C3CCC(=O)O)c(CC[C@]3(O)NO3)c2C)NC1=O. The monoisotopic (exact) mass is 607 g/mol. The van der Waals surface area contributed by atoms with E-state index in [9.17, 15) is 24.6 Å². The molecule has 1 aromatic heterocycles. The molecule has 0 radical (unpaired) electrons. The number of allylic oxidation sites excluding steroid dienone is 1. The molecule has 1 aromatic rings. The summed E-state index contributed by atoms with van der Waals surface area (Å²) in [6.07, 6.45) is 8.96. The van der Waals surface area contributed by atoms with Crippen LogP contribution >= 0.6 is 0 Å². The molecule has 0 aromatic carbocycles. The number of amides is 2. The highest BCUT2D eigenvalue weighted by Crippen LogP contribution is 2.33. The summed E-state index contributed by atoms with van der Waals surface area (Å²) in [5.41, 5.74) is 9.32. The predicted octanol–water partition coefficient (Wildman–Crippen LogP) is 1.42. The Labute approximate surface area is 257 Å². The first-order valence-corrected chi connectivity index (χ1v) is 15.6. The van der Waals surface area contributed by atoms with Crippen LogP contribution in [0.5, 0.6) is 0 Å². The quantitative estimate of drug-likeness (QED) is 0.146. The first-order valence-electron chi connectivity index (χ1n) is 15.6. The van der Waals surface area contributed by atoms with E-state index >= 15 is 0 Å². The lowest BCUT2D eigenvalue weighted by Crippen LogP contribution is -2.33. The molecule has 2 fully saturated rings. The van der Waals surface area contributed by atoms with Crippen molar-refractivity contribution < 1.29 is 29.4 Å². The molecule has 5 heterocycles. The molecule has 0 saturated carbocycles. The van der Waals surface area contributed by atoms with Gasteiger partial charge in [0, 0.05) is 58.7 Å². The zero-order valence-corrected chi connectivity index (χ0v) is 26.4. The van der Waals surface area contributed by atoms with Gasteiger partial charge in [0.05, 0.1) is 6.04 Å². The van der Waals surface area contributed by atoms with Gasteiger partial charge in [-0.2, -0.15) is 0 Å². The maximum Gasteiger partial charge on any atom is 0.303 e. The summed E-state index contributed by atoms with van der Waals surface area (Å²) in [4.78, 5) is 45.1. The molecule has 238 valence electrons. The van der Waals surface area contributed by atoms with Crippen LogP contribution in [0.25, 0.3) is 12.2 Å². The van der Waals surface area contributed by atoms with E-state index in [1.54, 1.807) is 0 Å². The second kappa shape index (κ2) is 12.5. The van der Waals surface area contributed by atoms with Crippen molar-refractivity contribution in [1.82, 2.24) is 26.4 Å². The van der Waals surface area contributed by atoms with E-state index in [-0.39, 0.29) is 48.2 Å². The summed E-state index contributed by atoms with van der Waals surface area (Å²) in [5.74, 6) is -2.20. The van der Waals surface area contributed by atoms with Gasteiger partial charge in [0.25, 0.3) is 5.91 Å². The van der Waals surface area contributed by atoms with Crippen LogP contribution in [0.1, 0.15) is 77.8 Å². The Bertz CT molecular complexity index is 1580. The van der Waals surface area contributed by atoms with Crippen LogP contribution in [0, 0.1) is 18.8 Å². The van der Waals surface area contributed by atoms with Gasteiger partial charge in [0.2, 0.25) is 11.8 Å². The number of carboxylic acids is 1. The number of carbonyl (C=O) groups is 3. The first kappa shape index (κ1) is 31.9. The number of hydroxylamine groups is 1. The molecule has 0 bridgehead atoms. The van der Waals surface area contributed by atoms with Crippen molar-refractivity contribution in [3.63, 3.8) is 0 Å². The van der Waals surface area contributed by atoms with Gasteiger partial charge in [-0.25, -0.2) is 4.84 Å². The van der Waals surface area contributed by atoms with Gasteiger partial charge in [-0.1, -0.05) is 26.3 Å². The third-order valence-electron chi connectivity index (χ3n) is 9.81. The smallest absolute Gasteiger partial charge is 0.303 e. The number of carbonyl (C=O) groups excluding carboxylic acids is 2. The summed E-state index contributed by atoms with van der Waals surface area (Å²) in [5, 5.41) is 31.4. The molecule has 7 N–H and O–H groups in total. The number of H-pyrrole nitrogens is 1. The number of aromatic nitrogens is 1. The summed E-state index contributed by atoms with van der Waals surface area (Å²) in [6, 6.07) is -0.648. The number of aliphatic hydroxyl groups is 1. The van der Waals surface area contributed by atoms with Crippen molar-refractivity contribution >= 4 is 29.9 Å². The zero-order valence-electron chi connectivity index (χ0n) is 26.4. The first-order chi connectivity index (χ1) is 20.9. The van der Waals surface area contributed by atoms with Crippen molar-refractivity contribution in [2.45, 2.75) is 104 Å². The molecule has 3 unspecified atom stereocenters. The Balaban J connectivity index is 1.55. The minimum atomic E-state index is -1.34. The highest BCUT2D eigenvalue weighted by atomic mass is 16.9. The van der Waals surface area contributed by atoms with Crippen LogP contribution in [0.2, 0.25) is 0 Å². The molecular weight excluding hydrogens is 562 g/mol. The fourth-order valence-electron chi connectivity index (χ4n) is 6.91. The fourth-order valence-corrected chi connectivity index (χ4v) is 6.91. The Morgan fingerprint density at radius 2 is 1.70 bits per heavy atom. The molecule has 44 heavy (non-hydrogen) atoms. The lowest BCUT2D eigenvalue weighted by Gasteiger charge is -2.16. The Morgan fingerprint density at radius 1 is 1.00 bits per heavy atom. The van der Waals surface area contributed by atoms with Gasteiger partial charge in [-0.05, 0) is 87.0 Å². The maximum absolute atomic E-state index is 12.5. The highest BCUT2D eigenvalue weighted by Gasteiger charge is 2.42. The molecule has 2 amide bonds. The number of nitrogens with one attached hydrogen (secondary N) is 5. The normalized spacial score (nSPS) is 32.0. The van der Waals surface area contributed by atoms with Gasteiger partial charge < -0.3 is 25.8 Å². The van der Waals surface area contributed by atoms with Crippen LogP contribution in [-0.2, 0) is 25.6 Å². The summed E-state index contributed by atoms with van der Waals surface area (Å²) >= 11 is 0. The second-order valence-electron chi connectivity index (χ2n) is 12.5. The minimum Gasteiger partial charge on any atom is -0.481 e. The van der Waals surface area contributed by atoms with Crippen LogP contribution in [0.15, 0.2) is 34.1 Å². The summed E-state index contributed by atoms with van der Waals surface area (Å²) in [7, 11) is 0. The average molecular weight is 608 g/mol. The predicted molar refractivity (Wildman–Crippen MR) is 166 cm³/mol. The Kier molecular flexibility index (Phi) is 9.04. The molecule has 5 rings (SSSR count). The Morgan fingerprint density at radius 3 is 2.32 bits per heavy atom. The molecule has 4 aliphatic heterocycles. The van der Waals surface area contributed by atoms with Gasteiger partial charge >= 0.3 is 5.97 Å². The third-order valence-corrected chi connectivity index (χ3v) is 9.81. The van der Waals surface area contributed by atoms with Crippen molar-refractivity contribution in [3.05, 3.63) is 55.9 Å². The molecular formula is C33H45N5O6. The molecule has 11 heteroatoms. The number of carboxylic acid groups (broad SMARTS) is 1. The standard InChI is InChI=1S/C33H45N5O6/c1-7-20-19(6)31(41)37-27(20)14-25-17(4)22(9-10-30(39)40)28(35-25)15-29-23(11-12-33(43)38-44-33)18(5)24(34-29)13-26-16(3)21(8-2)32(42)36-26/h13-15,19-20,25-26,28,34-35,38,43H,7-12H2,1-6H3,(H,36,42)(H,37,41)(H,39,40)/b24-13+,27-14-,29-15-/t19-,20-,25?,26?,28?,33-/m1/s1. The summed E-state index contributed by atoms with van der Waals surface area (Å²) < 4.78 is 0. The average Bonchev–Trinajstić information content (AvgIpc) is 3.27. The van der Waals surface area contributed by atoms with Crippen molar-refractivity contribution in [2.75, 3.05) is 0 Å². The van der Waals surface area contributed by atoms with Crippen molar-refractivity contribution in [1.29, 1.82) is 0 Å². The zero-order chi connectivity index (χ0) is 31.9. The van der Waals surface area contributed by atoms with Crippen LogP contribution in [-0.4, -0.2) is 57.0 Å². The Hall–Kier alpha value is -3.51. The van der Waals surface area contributed by atoms with Gasteiger partial charge in [-0.15, -0.1) is 5.48 Å². The van der Waals surface area contributed by atoms with E-state index in [0.29, 0.717) is 25.7 Å². The summed E-state index contributed by atoms with van der Waals surface area (Å²) in [6.45, 7) is 12.0. The molecule has 2 saturated heterocycles. The van der Waals surface area contributed by atoms with Crippen LogP contribution in [0.4, 0.5) is 0 Å². The molecule has 0 spiro atoms.